The molecule has 4 N–H and O–H groups in total. The monoisotopic (exact) mass is 293 g/mol. The highest BCUT2D eigenvalue weighted by Gasteiger charge is 2.21. The van der Waals surface area contributed by atoms with Gasteiger partial charge in [-0.05, 0) is 38.0 Å². The number of carbonyl (C=O) groups excluding carboxylic acids is 2. The number of nitrogens with one attached hydrogen (secondary N) is 1. The first kappa shape index (κ1) is 17.0. The van der Waals surface area contributed by atoms with Crippen LogP contribution in [0.4, 0.5) is 0 Å². The second kappa shape index (κ2) is 7.64. The zero-order valence-electron chi connectivity index (χ0n) is 12.7. The molecule has 0 saturated heterocycles. The molecule has 116 valence electrons. The first-order chi connectivity index (χ1) is 9.85. The van der Waals surface area contributed by atoms with Gasteiger partial charge >= 0.3 is 0 Å². The van der Waals surface area contributed by atoms with Crippen molar-refractivity contribution in [3.8, 4) is 5.75 Å². The molecule has 2 amide bonds. The molecule has 0 saturated carbocycles. The fourth-order valence-corrected chi connectivity index (χ4v) is 1.85. The van der Waals surface area contributed by atoms with Crippen LogP contribution in [0.15, 0.2) is 24.3 Å². The molecule has 0 radical (unpaired) electrons. The van der Waals surface area contributed by atoms with Crippen molar-refractivity contribution in [1.82, 2.24) is 10.2 Å². The van der Waals surface area contributed by atoms with Gasteiger partial charge in [-0.3, -0.25) is 9.59 Å². The van der Waals surface area contributed by atoms with Crippen LogP contribution in [0.3, 0.4) is 0 Å². The number of hydrogen-bond acceptors (Lipinski definition) is 4. The third-order valence-corrected chi connectivity index (χ3v) is 3.31. The molecule has 21 heavy (non-hydrogen) atoms. The summed E-state index contributed by atoms with van der Waals surface area (Å²) >= 11 is 0. The maximum Gasteiger partial charge on any atom is 0.244 e. The van der Waals surface area contributed by atoms with Crippen LogP contribution in [0.2, 0.25) is 0 Å². The Labute approximate surface area is 124 Å². The van der Waals surface area contributed by atoms with Crippen molar-refractivity contribution in [1.29, 1.82) is 0 Å². The summed E-state index contributed by atoms with van der Waals surface area (Å²) in [5.41, 5.74) is 6.69. The number of aromatic hydroxyl groups is 1. The van der Waals surface area contributed by atoms with Gasteiger partial charge in [0.1, 0.15) is 11.8 Å². The van der Waals surface area contributed by atoms with Crippen molar-refractivity contribution in [2.75, 3.05) is 13.6 Å². The molecule has 2 atom stereocenters. The molecule has 0 bridgehead atoms. The molecular weight excluding hydrogens is 270 g/mol. The molecule has 0 aliphatic heterocycles. The highest BCUT2D eigenvalue weighted by atomic mass is 16.3. The van der Waals surface area contributed by atoms with E-state index >= 15 is 0 Å². The van der Waals surface area contributed by atoms with Gasteiger partial charge in [0.25, 0.3) is 0 Å². The average Bonchev–Trinajstić information content (AvgIpc) is 2.47. The van der Waals surface area contributed by atoms with Crippen molar-refractivity contribution >= 4 is 11.8 Å². The maximum atomic E-state index is 12.0. The first-order valence-corrected chi connectivity index (χ1v) is 6.94. The largest absolute Gasteiger partial charge is 0.508 e. The number of nitrogens with zero attached hydrogens (tertiary/aromatic N) is 1. The lowest BCUT2D eigenvalue weighted by molar-refractivity contribution is -0.135. The molecule has 0 fully saturated rings. The van der Waals surface area contributed by atoms with Crippen molar-refractivity contribution < 1.29 is 14.7 Å². The molecule has 2 unspecified atom stereocenters. The Morgan fingerprint density at radius 1 is 1.33 bits per heavy atom. The Morgan fingerprint density at radius 3 is 2.43 bits per heavy atom. The van der Waals surface area contributed by atoms with E-state index in [1.54, 1.807) is 38.2 Å². The Morgan fingerprint density at radius 2 is 1.90 bits per heavy atom. The molecule has 1 aromatic rings. The van der Waals surface area contributed by atoms with E-state index in [0.29, 0.717) is 13.0 Å². The SMILES string of the molecule is CCN(C)C(=O)C(C)NC(=O)C(N)Cc1ccc(O)cc1. The van der Waals surface area contributed by atoms with Gasteiger partial charge in [-0.1, -0.05) is 12.1 Å². The molecular formula is C15H23N3O3. The van der Waals surface area contributed by atoms with E-state index in [1.807, 2.05) is 6.92 Å². The van der Waals surface area contributed by atoms with Crippen LogP contribution >= 0.6 is 0 Å². The van der Waals surface area contributed by atoms with Gasteiger partial charge in [-0.25, -0.2) is 0 Å². The summed E-state index contributed by atoms with van der Waals surface area (Å²) in [6, 6.07) is 5.17. The smallest absolute Gasteiger partial charge is 0.244 e. The summed E-state index contributed by atoms with van der Waals surface area (Å²) in [4.78, 5) is 25.4. The Kier molecular flexibility index (Phi) is 6.17. The van der Waals surface area contributed by atoms with E-state index < -0.39 is 12.1 Å². The lowest BCUT2D eigenvalue weighted by Gasteiger charge is -2.22. The van der Waals surface area contributed by atoms with Gasteiger partial charge in [-0.2, -0.15) is 0 Å². The fourth-order valence-electron chi connectivity index (χ4n) is 1.85. The molecule has 0 aliphatic rings. The summed E-state index contributed by atoms with van der Waals surface area (Å²) in [6.45, 7) is 4.08. The molecule has 1 aromatic carbocycles. The summed E-state index contributed by atoms with van der Waals surface area (Å²) in [7, 11) is 1.68. The Hall–Kier alpha value is -2.08. The van der Waals surface area contributed by atoms with E-state index in [1.165, 1.54) is 4.90 Å². The Balaban J connectivity index is 2.54. The second-order valence-corrected chi connectivity index (χ2v) is 5.06. The van der Waals surface area contributed by atoms with Crippen LogP contribution in [-0.4, -0.2) is 47.5 Å². The minimum atomic E-state index is -0.739. The van der Waals surface area contributed by atoms with Crippen LogP contribution in [0.1, 0.15) is 19.4 Å². The van der Waals surface area contributed by atoms with Crippen LogP contribution in [-0.2, 0) is 16.0 Å². The number of rotatable bonds is 6. The van der Waals surface area contributed by atoms with Crippen molar-refractivity contribution in [2.45, 2.75) is 32.4 Å². The van der Waals surface area contributed by atoms with Gasteiger partial charge in [0.15, 0.2) is 0 Å². The number of benzene rings is 1. The van der Waals surface area contributed by atoms with E-state index in [0.717, 1.165) is 5.56 Å². The normalized spacial score (nSPS) is 13.3. The van der Waals surface area contributed by atoms with E-state index in [-0.39, 0.29) is 17.6 Å². The third kappa shape index (κ3) is 5.07. The van der Waals surface area contributed by atoms with E-state index in [2.05, 4.69) is 5.32 Å². The number of hydrogen-bond donors (Lipinski definition) is 3. The fraction of sp³-hybridized carbons (Fsp3) is 0.467. The van der Waals surface area contributed by atoms with Gasteiger partial charge in [0.2, 0.25) is 11.8 Å². The molecule has 0 spiro atoms. The molecule has 6 heteroatoms. The van der Waals surface area contributed by atoms with Gasteiger partial charge in [-0.15, -0.1) is 0 Å². The summed E-state index contributed by atoms with van der Waals surface area (Å²) in [5.74, 6) is -0.352. The lowest BCUT2D eigenvalue weighted by atomic mass is 10.1. The average molecular weight is 293 g/mol. The highest BCUT2D eigenvalue weighted by molar-refractivity contribution is 5.89. The van der Waals surface area contributed by atoms with Crippen molar-refractivity contribution in [2.24, 2.45) is 5.73 Å². The number of likely N-dealkylation sites (N-methyl/N-ethyl adjacent to an activating group) is 1. The van der Waals surface area contributed by atoms with Gasteiger partial charge < -0.3 is 21.1 Å². The maximum absolute atomic E-state index is 12.0. The van der Waals surface area contributed by atoms with Crippen LogP contribution < -0.4 is 11.1 Å². The molecule has 1 rings (SSSR count). The Bertz CT molecular complexity index is 487. The minimum Gasteiger partial charge on any atom is -0.508 e. The summed E-state index contributed by atoms with van der Waals surface area (Å²) < 4.78 is 0. The number of nitrogens with two attached hydrogens (primary N) is 1. The zero-order valence-corrected chi connectivity index (χ0v) is 12.7. The number of phenols is 1. The van der Waals surface area contributed by atoms with E-state index in [9.17, 15) is 14.7 Å². The van der Waals surface area contributed by atoms with Crippen LogP contribution in [0, 0.1) is 0 Å². The topological polar surface area (TPSA) is 95.7 Å². The van der Waals surface area contributed by atoms with Crippen LogP contribution in [0.25, 0.3) is 0 Å². The van der Waals surface area contributed by atoms with Crippen molar-refractivity contribution in [3.05, 3.63) is 29.8 Å². The van der Waals surface area contributed by atoms with Gasteiger partial charge in [0, 0.05) is 13.6 Å². The third-order valence-electron chi connectivity index (χ3n) is 3.31. The quantitative estimate of drug-likeness (QED) is 0.700. The van der Waals surface area contributed by atoms with Crippen LogP contribution in [0.5, 0.6) is 5.75 Å². The first-order valence-electron chi connectivity index (χ1n) is 6.94. The lowest BCUT2D eigenvalue weighted by Crippen LogP contribution is -2.51. The number of amides is 2. The molecule has 0 aliphatic carbocycles. The number of phenolic OH excluding ortho intramolecular Hbond substituents is 1. The minimum absolute atomic E-state index is 0.150. The van der Waals surface area contributed by atoms with Crippen molar-refractivity contribution in [3.63, 3.8) is 0 Å². The van der Waals surface area contributed by atoms with E-state index in [4.69, 9.17) is 5.73 Å². The predicted molar refractivity (Wildman–Crippen MR) is 80.7 cm³/mol. The predicted octanol–water partition coefficient (Wildman–Crippen LogP) is 0.245. The zero-order chi connectivity index (χ0) is 16.0. The molecule has 6 nitrogen and oxygen atoms in total. The molecule has 0 heterocycles. The second-order valence-electron chi connectivity index (χ2n) is 5.06. The standard InChI is InChI=1S/C15H23N3O3/c1-4-18(3)15(21)10(2)17-14(20)13(16)9-11-5-7-12(19)8-6-11/h5-8,10,13,19H,4,9,16H2,1-3H3,(H,17,20). The summed E-state index contributed by atoms with van der Waals surface area (Å²) in [6.07, 6.45) is 0.344. The number of carbonyl (C=O) groups is 2. The summed E-state index contributed by atoms with van der Waals surface area (Å²) in [5, 5.41) is 11.8. The molecule has 0 aromatic heterocycles. The highest BCUT2D eigenvalue weighted by Crippen LogP contribution is 2.10. The van der Waals surface area contributed by atoms with Gasteiger partial charge in [0.05, 0.1) is 6.04 Å².